The number of anilines is 1. The highest BCUT2D eigenvalue weighted by Crippen LogP contribution is 2.40. The van der Waals surface area contributed by atoms with Crippen molar-refractivity contribution >= 4 is 17.3 Å². The molecule has 0 bridgehead atoms. The fourth-order valence-corrected chi connectivity index (χ4v) is 4.04. The molecular formula is C16H23ClN2. The summed E-state index contributed by atoms with van der Waals surface area (Å²) in [4.78, 5) is 2.61. The molecule has 2 nitrogen and oxygen atoms in total. The van der Waals surface area contributed by atoms with Crippen LogP contribution in [0.4, 0.5) is 5.69 Å². The second-order valence-corrected chi connectivity index (χ2v) is 6.34. The summed E-state index contributed by atoms with van der Waals surface area (Å²) in [5.41, 5.74) is 8.45. The summed E-state index contributed by atoms with van der Waals surface area (Å²) in [6.45, 7) is 1.89. The lowest BCUT2D eigenvalue weighted by Gasteiger charge is -2.34. The number of nitrogens with zero attached hydrogens (tertiary/aromatic N) is 1. The van der Waals surface area contributed by atoms with E-state index in [2.05, 4.69) is 17.0 Å². The van der Waals surface area contributed by atoms with E-state index in [0.29, 0.717) is 6.54 Å². The van der Waals surface area contributed by atoms with Crippen molar-refractivity contribution in [2.75, 3.05) is 18.0 Å². The van der Waals surface area contributed by atoms with Crippen LogP contribution in [0.25, 0.3) is 0 Å². The Bertz CT molecular complexity index is 446. The summed E-state index contributed by atoms with van der Waals surface area (Å²) >= 11 is 6.21. The molecule has 1 saturated heterocycles. The molecule has 1 saturated carbocycles. The third-order valence-corrected chi connectivity index (χ3v) is 5.02. The fourth-order valence-electron chi connectivity index (χ4n) is 3.88. The van der Waals surface area contributed by atoms with Gasteiger partial charge in [-0.2, -0.15) is 0 Å². The summed E-state index contributed by atoms with van der Waals surface area (Å²) < 4.78 is 0. The second-order valence-electron chi connectivity index (χ2n) is 5.91. The number of hydrogen-bond acceptors (Lipinski definition) is 2. The predicted molar refractivity (Wildman–Crippen MR) is 81.9 cm³/mol. The van der Waals surface area contributed by atoms with Crippen molar-refractivity contribution in [3.63, 3.8) is 0 Å². The van der Waals surface area contributed by atoms with Gasteiger partial charge in [0.2, 0.25) is 0 Å². The number of halogens is 1. The smallest absolute Gasteiger partial charge is 0.0426 e. The number of fused-ring (bicyclic) bond motifs is 1. The molecule has 19 heavy (non-hydrogen) atoms. The topological polar surface area (TPSA) is 29.3 Å². The van der Waals surface area contributed by atoms with Gasteiger partial charge in [0.15, 0.2) is 0 Å². The Kier molecular flexibility index (Phi) is 3.99. The molecule has 0 radical (unpaired) electrons. The van der Waals surface area contributed by atoms with Crippen LogP contribution >= 0.6 is 11.6 Å². The summed E-state index contributed by atoms with van der Waals surface area (Å²) in [7, 11) is 0. The minimum absolute atomic E-state index is 0.705. The van der Waals surface area contributed by atoms with Gasteiger partial charge in [-0.25, -0.2) is 0 Å². The van der Waals surface area contributed by atoms with E-state index in [-0.39, 0.29) is 0 Å². The molecule has 0 spiro atoms. The first kappa shape index (κ1) is 13.3. The predicted octanol–water partition coefficient (Wildman–Crippen LogP) is 3.61. The Morgan fingerprint density at radius 3 is 2.89 bits per heavy atom. The molecule has 1 aromatic rings. The molecule has 1 heterocycles. The van der Waals surface area contributed by atoms with Crippen LogP contribution in [0.3, 0.4) is 0 Å². The molecular weight excluding hydrogens is 256 g/mol. The summed E-state index contributed by atoms with van der Waals surface area (Å²) in [5, 5.41) is 0.843. The molecule has 1 aromatic carbocycles. The molecule has 1 aliphatic carbocycles. The first-order valence-electron chi connectivity index (χ1n) is 7.54. The Balaban J connectivity index is 1.90. The van der Waals surface area contributed by atoms with Crippen molar-refractivity contribution in [1.82, 2.24) is 0 Å². The molecule has 0 aromatic heterocycles. The number of hydrogen-bond donors (Lipinski definition) is 1. The first-order chi connectivity index (χ1) is 9.29. The molecule has 2 unspecified atom stereocenters. The molecule has 0 amide bonds. The van der Waals surface area contributed by atoms with Crippen molar-refractivity contribution in [2.24, 2.45) is 11.7 Å². The maximum Gasteiger partial charge on any atom is 0.0426 e. The van der Waals surface area contributed by atoms with Gasteiger partial charge >= 0.3 is 0 Å². The third-order valence-electron chi connectivity index (χ3n) is 4.78. The van der Waals surface area contributed by atoms with Crippen molar-refractivity contribution in [1.29, 1.82) is 0 Å². The molecule has 104 valence electrons. The Morgan fingerprint density at radius 2 is 2.05 bits per heavy atom. The van der Waals surface area contributed by atoms with E-state index in [0.717, 1.165) is 23.4 Å². The van der Waals surface area contributed by atoms with Crippen molar-refractivity contribution in [2.45, 2.75) is 44.6 Å². The summed E-state index contributed by atoms with van der Waals surface area (Å²) in [6, 6.07) is 7.03. The Morgan fingerprint density at radius 1 is 1.21 bits per heavy atom. The SMILES string of the molecule is NCCc1ccc(Cl)cc1N1CCC2CCCCC21. The van der Waals surface area contributed by atoms with E-state index in [4.69, 9.17) is 17.3 Å². The highest BCUT2D eigenvalue weighted by atomic mass is 35.5. The van der Waals surface area contributed by atoms with E-state index >= 15 is 0 Å². The number of rotatable bonds is 3. The zero-order valence-electron chi connectivity index (χ0n) is 11.4. The lowest BCUT2D eigenvalue weighted by atomic mass is 9.85. The molecule has 2 atom stereocenters. The maximum absolute atomic E-state index is 6.21. The van der Waals surface area contributed by atoms with Gasteiger partial charge in [0.1, 0.15) is 0 Å². The monoisotopic (exact) mass is 278 g/mol. The number of benzene rings is 1. The average molecular weight is 279 g/mol. The van der Waals surface area contributed by atoms with Crippen LogP contribution in [0.5, 0.6) is 0 Å². The van der Waals surface area contributed by atoms with Gasteiger partial charge < -0.3 is 10.6 Å². The van der Waals surface area contributed by atoms with Gasteiger partial charge in [-0.05, 0) is 55.8 Å². The molecule has 2 N–H and O–H groups in total. The first-order valence-corrected chi connectivity index (χ1v) is 7.92. The van der Waals surface area contributed by atoms with E-state index in [1.54, 1.807) is 0 Å². The van der Waals surface area contributed by atoms with Crippen LogP contribution in [0, 0.1) is 5.92 Å². The largest absolute Gasteiger partial charge is 0.368 e. The third kappa shape index (κ3) is 2.61. The van der Waals surface area contributed by atoms with Gasteiger partial charge in [-0.15, -0.1) is 0 Å². The molecule has 2 aliphatic rings. The van der Waals surface area contributed by atoms with E-state index in [9.17, 15) is 0 Å². The van der Waals surface area contributed by atoms with Gasteiger partial charge in [0.05, 0.1) is 0 Å². The van der Waals surface area contributed by atoms with Gasteiger partial charge in [0.25, 0.3) is 0 Å². The molecule has 1 aliphatic heterocycles. The highest BCUT2D eigenvalue weighted by molar-refractivity contribution is 6.30. The summed E-state index contributed by atoms with van der Waals surface area (Å²) in [6.07, 6.45) is 7.84. The zero-order valence-corrected chi connectivity index (χ0v) is 12.2. The number of nitrogens with two attached hydrogens (primary N) is 1. The van der Waals surface area contributed by atoms with Gasteiger partial charge in [0, 0.05) is 23.3 Å². The Hall–Kier alpha value is -0.730. The molecule has 3 heteroatoms. The van der Waals surface area contributed by atoms with Gasteiger partial charge in [-0.1, -0.05) is 30.5 Å². The van der Waals surface area contributed by atoms with Crippen LogP contribution in [-0.4, -0.2) is 19.1 Å². The van der Waals surface area contributed by atoms with Crippen molar-refractivity contribution < 1.29 is 0 Å². The van der Waals surface area contributed by atoms with Crippen molar-refractivity contribution in [3.8, 4) is 0 Å². The molecule has 3 rings (SSSR count). The second kappa shape index (κ2) is 5.72. The van der Waals surface area contributed by atoms with E-state index in [1.165, 1.54) is 49.9 Å². The highest BCUT2D eigenvalue weighted by Gasteiger charge is 2.36. The normalized spacial score (nSPS) is 26.5. The maximum atomic E-state index is 6.21. The molecule has 2 fully saturated rings. The van der Waals surface area contributed by atoms with Crippen LogP contribution in [0.2, 0.25) is 5.02 Å². The van der Waals surface area contributed by atoms with E-state index < -0.39 is 0 Å². The minimum atomic E-state index is 0.705. The van der Waals surface area contributed by atoms with Crippen LogP contribution in [0.1, 0.15) is 37.7 Å². The fraction of sp³-hybridized carbons (Fsp3) is 0.625. The van der Waals surface area contributed by atoms with Crippen molar-refractivity contribution in [3.05, 3.63) is 28.8 Å². The van der Waals surface area contributed by atoms with Gasteiger partial charge in [-0.3, -0.25) is 0 Å². The quantitative estimate of drug-likeness (QED) is 0.915. The summed E-state index contributed by atoms with van der Waals surface area (Å²) in [5.74, 6) is 0.901. The van der Waals surface area contributed by atoms with Crippen LogP contribution in [0.15, 0.2) is 18.2 Å². The minimum Gasteiger partial charge on any atom is -0.368 e. The van der Waals surface area contributed by atoms with Crippen LogP contribution in [-0.2, 0) is 6.42 Å². The van der Waals surface area contributed by atoms with E-state index in [1.807, 2.05) is 6.07 Å². The van der Waals surface area contributed by atoms with Crippen LogP contribution < -0.4 is 10.6 Å². The standard InChI is InChI=1S/C16H23ClN2/c17-14-6-5-13(7-9-18)16(11-14)19-10-8-12-3-1-2-4-15(12)19/h5-6,11-12,15H,1-4,7-10,18H2. The zero-order chi connectivity index (χ0) is 13.2. The average Bonchev–Trinajstić information content (AvgIpc) is 2.85. The Labute approximate surface area is 120 Å². The lowest BCUT2D eigenvalue weighted by Crippen LogP contribution is -2.35. The lowest BCUT2D eigenvalue weighted by molar-refractivity contribution is 0.342.